The molecule has 4 rings (SSSR count). The Balaban J connectivity index is 1.50. The fourth-order valence-corrected chi connectivity index (χ4v) is 3.73. The summed E-state index contributed by atoms with van der Waals surface area (Å²) >= 11 is 0. The van der Waals surface area contributed by atoms with Crippen molar-refractivity contribution in [2.45, 2.75) is 0 Å². The minimum absolute atomic E-state index is 0.0124. The Bertz CT molecular complexity index is 1070. The molecule has 156 valence electrons. The van der Waals surface area contributed by atoms with Crippen LogP contribution in [0, 0.1) is 10.1 Å². The number of non-ortho nitro benzene ring substituents is 1. The van der Waals surface area contributed by atoms with Gasteiger partial charge in [0.05, 0.1) is 4.92 Å². The molecule has 1 aliphatic heterocycles. The number of anilines is 1. The number of hydrogen-bond acceptors (Lipinski definition) is 4. The number of amides is 1. The van der Waals surface area contributed by atoms with Gasteiger partial charge in [-0.3, -0.25) is 14.9 Å². The molecule has 1 saturated heterocycles. The van der Waals surface area contributed by atoms with Crippen LogP contribution in [0.15, 0.2) is 84.9 Å². The summed E-state index contributed by atoms with van der Waals surface area (Å²) in [6, 6.07) is 26.2. The van der Waals surface area contributed by atoms with Gasteiger partial charge in [-0.2, -0.15) is 0 Å². The van der Waals surface area contributed by atoms with Crippen LogP contribution in [0.5, 0.6) is 0 Å². The molecule has 0 radical (unpaired) electrons. The molecule has 0 saturated carbocycles. The van der Waals surface area contributed by atoms with E-state index in [9.17, 15) is 14.9 Å². The van der Waals surface area contributed by atoms with Crippen LogP contribution in [-0.2, 0) is 4.79 Å². The number of carbonyl (C=O) groups excluding carboxylic acids is 1. The number of piperazine rings is 1. The van der Waals surface area contributed by atoms with Gasteiger partial charge in [-0.05, 0) is 29.3 Å². The molecule has 1 amide bonds. The zero-order valence-corrected chi connectivity index (χ0v) is 17.1. The van der Waals surface area contributed by atoms with Crippen molar-refractivity contribution in [1.29, 1.82) is 0 Å². The molecule has 0 spiro atoms. The topological polar surface area (TPSA) is 66.7 Å². The first kappa shape index (κ1) is 20.3. The van der Waals surface area contributed by atoms with Crippen molar-refractivity contribution in [1.82, 2.24) is 4.90 Å². The van der Waals surface area contributed by atoms with Crippen LogP contribution in [0.25, 0.3) is 11.6 Å². The van der Waals surface area contributed by atoms with Gasteiger partial charge in [0.2, 0.25) is 0 Å². The third-order valence-electron chi connectivity index (χ3n) is 5.42. The smallest absolute Gasteiger partial charge is 0.269 e. The SMILES string of the molecule is O=C(C(=Cc1ccccc1)c1ccccc1)N1CCN(c2ccc([N+](=O)[O-])cc2)CC1. The summed E-state index contributed by atoms with van der Waals surface area (Å²) in [6.45, 7) is 2.54. The Kier molecular flexibility index (Phi) is 6.08. The second-order valence-corrected chi connectivity index (χ2v) is 7.39. The summed E-state index contributed by atoms with van der Waals surface area (Å²) in [7, 11) is 0. The highest BCUT2D eigenvalue weighted by atomic mass is 16.6. The quantitative estimate of drug-likeness (QED) is 0.268. The van der Waals surface area contributed by atoms with Gasteiger partial charge in [0.1, 0.15) is 0 Å². The molecule has 0 aromatic heterocycles. The highest BCUT2D eigenvalue weighted by molar-refractivity contribution is 6.24. The monoisotopic (exact) mass is 413 g/mol. The first-order valence-electron chi connectivity index (χ1n) is 10.2. The summed E-state index contributed by atoms with van der Waals surface area (Å²) < 4.78 is 0. The molecular weight excluding hydrogens is 390 g/mol. The third kappa shape index (κ3) is 4.80. The molecule has 0 N–H and O–H groups in total. The molecule has 6 nitrogen and oxygen atoms in total. The van der Waals surface area contributed by atoms with Crippen molar-refractivity contribution >= 4 is 28.9 Å². The molecule has 0 bridgehead atoms. The summed E-state index contributed by atoms with van der Waals surface area (Å²) in [6.07, 6.45) is 1.94. The van der Waals surface area contributed by atoms with Crippen LogP contribution in [0.3, 0.4) is 0 Å². The average molecular weight is 413 g/mol. The molecule has 6 heteroatoms. The van der Waals surface area contributed by atoms with Gasteiger partial charge in [-0.25, -0.2) is 0 Å². The van der Waals surface area contributed by atoms with Crippen LogP contribution in [0.1, 0.15) is 11.1 Å². The van der Waals surface area contributed by atoms with Crippen LogP contribution in [0.2, 0.25) is 0 Å². The van der Waals surface area contributed by atoms with Gasteiger partial charge >= 0.3 is 0 Å². The van der Waals surface area contributed by atoms with Gasteiger partial charge in [-0.1, -0.05) is 60.7 Å². The molecule has 0 atom stereocenters. The second kappa shape index (κ2) is 9.26. The number of hydrogen-bond donors (Lipinski definition) is 0. The minimum atomic E-state index is -0.398. The van der Waals surface area contributed by atoms with Gasteiger partial charge in [0.25, 0.3) is 11.6 Å². The lowest BCUT2D eigenvalue weighted by molar-refractivity contribution is -0.384. The van der Waals surface area contributed by atoms with E-state index in [1.165, 1.54) is 12.1 Å². The molecule has 1 heterocycles. The van der Waals surface area contributed by atoms with Gasteiger partial charge < -0.3 is 9.80 Å². The molecule has 1 aliphatic rings. The van der Waals surface area contributed by atoms with E-state index < -0.39 is 4.92 Å². The van der Waals surface area contributed by atoms with Crippen molar-refractivity contribution in [2.24, 2.45) is 0 Å². The number of benzene rings is 3. The lowest BCUT2D eigenvalue weighted by Gasteiger charge is -2.36. The summed E-state index contributed by atoms with van der Waals surface area (Å²) in [5, 5.41) is 10.9. The van der Waals surface area contributed by atoms with Crippen LogP contribution in [0.4, 0.5) is 11.4 Å². The van der Waals surface area contributed by atoms with Gasteiger partial charge in [0, 0.05) is 49.6 Å². The largest absolute Gasteiger partial charge is 0.368 e. The van der Waals surface area contributed by atoms with Crippen molar-refractivity contribution in [3.63, 3.8) is 0 Å². The van der Waals surface area contributed by atoms with Crippen molar-refractivity contribution in [3.05, 3.63) is 106 Å². The molecule has 3 aromatic rings. The highest BCUT2D eigenvalue weighted by Crippen LogP contribution is 2.24. The Morgan fingerprint density at radius 1 is 0.806 bits per heavy atom. The maximum Gasteiger partial charge on any atom is 0.269 e. The number of rotatable bonds is 5. The standard InChI is InChI=1S/C25H23N3O3/c29-25(24(21-9-5-2-6-10-21)19-20-7-3-1-4-8-20)27-17-15-26(16-18-27)22-11-13-23(14-12-22)28(30)31/h1-14,19H,15-18H2. The van der Waals surface area contributed by atoms with Crippen LogP contribution < -0.4 is 4.90 Å². The normalized spacial score (nSPS) is 14.4. The summed E-state index contributed by atoms with van der Waals surface area (Å²) in [4.78, 5) is 27.9. The van der Waals surface area contributed by atoms with Gasteiger partial charge in [-0.15, -0.1) is 0 Å². The Morgan fingerprint density at radius 3 is 1.97 bits per heavy atom. The van der Waals surface area contributed by atoms with Gasteiger partial charge in [0.15, 0.2) is 0 Å². The Morgan fingerprint density at radius 2 is 1.39 bits per heavy atom. The Labute approximate surface area is 181 Å². The molecule has 0 unspecified atom stereocenters. The van der Waals surface area contributed by atoms with E-state index >= 15 is 0 Å². The molecule has 1 fully saturated rings. The summed E-state index contributed by atoms with van der Waals surface area (Å²) in [5.41, 5.74) is 3.57. The number of carbonyl (C=O) groups is 1. The zero-order chi connectivity index (χ0) is 21.6. The number of nitro groups is 1. The molecule has 3 aromatic carbocycles. The van der Waals surface area contributed by atoms with E-state index in [4.69, 9.17) is 0 Å². The van der Waals surface area contributed by atoms with E-state index in [-0.39, 0.29) is 11.6 Å². The molecule has 0 aliphatic carbocycles. The minimum Gasteiger partial charge on any atom is -0.368 e. The van der Waals surface area contributed by atoms with E-state index in [1.54, 1.807) is 12.1 Å². The fourth-order valence-electron chi connectivity index (χ4n) is 3.73. The predicted molar refractivity (Wildman–Crippen MR) is 123 cm³/mol. The maximum absolute atomic E-state index is 13.4. The number of nitro benzene ring substituents is 1. The Hall–Kier alpha value is -3.93. The summed E-state index contributed by atoms with van der Waals surface area (Å²) in [5.74, 6) is 0.0124. The van der Waals surface area contributed by atoms with Crippen LogP contribution >= 0.6 is 0 Å². The first-order valence-corrected chi connectivity index (χ1v) is 10.2. The highest BCUT2D eigenvalue weighted by Gasteiger charge is 2.24. The lowest BCUT2D eigenvalue weighted by Crippen LogP contribution is -2.49. The van der Waals surface area contributed by atoms with Crippen LogP contribution in [-0.4, -0.2) is 41.9 Å². The van der Waals surface area contributed by atoms with Crippen molar-refractivity contribution in [3.8, 4) is 0 Å². The molecule has 31 heavy (non-hydrogen) atoms. The van der Waals surface area contributed by atoms with E-state index in [1.807, 2.05) is 71.6 Å². The zero-order valence-electron chi connectivity index (χ0n) is 17.1. The molecular formula is C25H23N3O3. The predicted octanol–water partition coefficient (Wildman–Crippen LogP) is 4.48. The second-order valence-electron chi connectivity index (χ2n) is 7.39. The van der Waals surface area contributed by atoms with E-state index in [2.05, 4.69) is 4.90 Å². The average Bonchev–Trinajstić information content (AvgIpc) is 2.83. The van der Waals surface area contributed by atoms with E-state index in [0.717, 1.165) is 16.8 Å². The number of nitrogens with zero attached hydrogens (tertiary/aromatic N) is 3. The maximum atomic E-state index is 13.4. The van der Waals surface area contributed by atoms with Crippen molar-refractivity contribution in [2.75, 3.05) is 31.1 Å². The first-order chi connectivity index (χ1) is 15.1. The fraction of sp³-hybridized carbons (Fsp3) is 0.160. The van der Waals surface area contributed by atoms with E-state index in [0.29, 0.717) is 31.8 Å². The van der Waals surface area contributed by atoms with Crippen molar-refractivity contribution < 1.29 is 9.72 Å². The third-order valence-corrected chi connectivity index (χ3v) is 5.42. The lowest BCUT2D eigenvalue weighted by atomic mass is 10.0.